The molecule has 0 aromatic heterocycles. The molecule has 0 saturated heterocycles. The van der Waals surface area contributed by atoms with Gasteiger partial charge in [-0.3, -0.25) is 4.79 Å². The molecule has 0 saturated carbocycles. The van der Waals surface area contributed by atoms with Crippen molar-refractivity contribution in [3.63, 3.8) is 0 Å². The Kier molecular flexibility index (Phi) is 3.82. The summed E-state index contributed by atoms with van der Waals surface area (Å²) in [6.07, 6.45) is 0. The molecular formula is C22H17NO2. The summed E-state index contributed by atoms with van der Waals surface area (Å²) in [5.41, 5.74) is 5.33. The van der Waals surface area contributed by atoms with Crippen LogP contribution in [0.3, 0.4) is 0 Å². The number of nitrogens with one attached hydrogen (secondary N) is 1. The molecule has 1 aliphatic rings. The summed E-state index contributed by atoms with van der Waals surface area (Å²) < 4.78 is 5.27. The molecular weight excluding hydrogens is 310 g/mol. The lowest BCUT2D eigenvalue weighted by molar-refractivity contribution is -0.110. The Morgan fingerprint density at radius 1 is 0.840 bits per heavy atom. The van der Waals surface area contributed by atoms with Gasteiger partial charge in [-0.1, -0.05) is 60.7 Å². The fourth-order valence-electron chi connectivity index (χ4n) is 3.19. The van der Waals surface area contributed by atoms with E-state index in [2.05, 4.69) is 5.32 Å². The lowest BCUT2D eigenvalue weighted by Crippen LogP contribution is -2.06. The summed E-state index contributed by atoms with van der Waals surface area (Å²) >= 11 is 0. The van der Waals surface area contributed by atoms with Crippen molar-refractivity contribution in [1.82, 2.24) is 0 Å². The third kappa shape index (κ3) is 2.70. The predicted octanol–water partition coefficient (Wildman–Crippen LogP) is 4.61. The summed E-state index contributed by atoms with van der Waals surface area (Å²) in [6.45, 7) is 0. The van der Waals surface area contributed by atoms with E-state index in [1.54, 1.807) is 7.11 Å². The molecule has 3 aromatic rings. The van der Waals surface area contributed by atoms with Crippen LogP contribution in [0.15, 0.2) is 78.9 Å². The zero-order chi connectivity index (χ0) is 17.2. The Balaban J connectivity index is 2.01. The molecule has 0 bridgehead atoms. The first-order valence-corrected chi connectivity index (χ1v) is 8.13. The molecule has 0 fully saturated rings. The van der Waals surface area contributed by atoms with E-state index in [1.165, 1.54) is 0 Å². The maximum Gasteiger partial charge on any atom is 0.257 e. The van der Waals surface area contributed by atoms with Crippen molar-refractivity contribution in [2.75, 3.05) is 12.4 Å². The van der Waals surface area contributed by atoms with Gasteiger partial charge < -0.3 is 10.1 Å². The van der Waals surface area contributed by atoms with E-state index in [0.29, 0.717) is 5.57 Å². The van der Waals surface area contributed by atoms with Crippen LogP contribution in [0.4, 0.5) is 5.69 Å². The quantitative estimate of drug-likeness (QED) is 0.714. The number of carbonyl (C=O) groups excluding carboxylic acids is 1. The molecule has 0 unspecified atom stereocenters. The summed E-state index contributed by atoms with van der Waals surface area (Å²) in [5, 5.41) is 2.97. The lowest BCUT2D eigenvalue weighted by atomic mass is 9.90. The van der Waals surface area contributed by atoms with Crippen molar-refractivity contribution in [2.45, 2.75) is 0 Å². The molecule has 0 radical (unpaired) electrons. The Morgan fingerprint density at radius 3 is 2.00 bits per heavy atom. The Morgan fingerprint density at radius 2 is 1.44 bits per heavy atom. The summed E-state index contributed by atoms with van der Waals surface area (Å²) in [7, 11) is 1.62. The van der Waals surface area contributed by atoms with E-state index < -0.39 is 0 Å². The fraction of sp³-hybridized carbons (Fsp3) is 0.0455. The highest BCUT2D eigenvalue weighted by molar-refractivity contribution is 6.38. The molecule has 1 heterocycles. The van der Waals surface area contributed by atoms with Gasteiger partial charge in [0.25, 0.3) is 5.91 Å². The van der Waals surface area contributed by atoms with Gasteiger partial charge in [0.2, 0.25) is 0 Å². The second kappa shape index (κ2) is 6.29. The smallest absolute Gasteiger partial charge is 0.257 e. The highest BCUT2D eigenvalue weighted by atomic mass is 16.5. The van der Waals surface area contributed by atoms with Gasteiger partial charge in [0, 0.05) is 17.2 Å². The van der Waals surface area contributed by atoms with Crippen LogP contribution in [-0.2, 0) is 4.79 Å². The first-order chi connectivity index (χ1) is 12.3. The van der Waals surface area contributed by atoms with Crippen molar-refractivity contribution in [3.05, 3.63) is 95.6 Å². The van der Waals surface area contributed by atoms with E-state index in [1.807, 2.05) is 78.9 Å². The van der Waals surface area contributed by atoms with E-state index in [-0.39, 0.29) is 5.91 Å². The summed E-state index contributed by atoms with van der Waals surface area (Å²) in [4.78, 5) is 12.8. The predicted molar refractivity (Wildman–Crippen MR) is 100 cm³/mol. The maximum absolute atomic E-state index is 12.8. The molecule has 1 amide bonds. The monoisotopic (exact) mass is 327 g/mol. The van der Waals surface area contributed by atoms with E-state index in [9.17, 15) is 4.79 Å². The van der Waals surface area contributed by atoms with Gasteiger partial charge in [0.15, 0.2) is 0 Å². The number of ether oxygens (including phenoxy) is 1. The van der Waals surface area contributed by atoms with Gasteiger partial charge in [-0.2, -0.15) is 0 Å². The molecule has 3 heteroatoms. The minimum atomic E-state index is -0.0917. The van der Waals surface area contributed by atoms with Crippen molar-refractivity contribution < 1.29 is 9.53 Å². The standard InChI is InChI=1S/C22H17NO2/c1-25-17-12-13-18-19(14-17)23-22(24)21(18)20(15-8-4-2-5-9-15)16-10-6-3-7-11-16/h2-14H,1H3,(H,23,24). The number of amides is 1. The van der Waals surface area contributed by atoms with E-state index in [0.717, 1.165) is 33.7 Å². The zero-order valence-corrected chi connectivity index (χ0v) is 13.8. The van der Waals surface area contributed by atoms with Crippen LogP contribution in [0.25, 0.3) is 11.1 Å². The highest BCUT2D eigenvalue weighted by Gasteiger charge is 2.28. The molecule has 3 nitrogen and oxygen atoms in total. The van der Waals surface area contributed by atoms with Gasteiger partial charge >= 0.3 is 0 Å². The molecule has 25 heavy (non-hydrogen) atoms. The first-order valence-electron chi connectivity index (χ1n) is 8.13. The third-order valence-corrected chi connectivity index (χ3v) is 4.35. The molecule has 1 aliphatic heterocycles. The second-order valence-corrected chi connectivity index (χ2v) is 5.85. The van der Waals surface area contributed by atoms with Gasteiger partial charge in [-0.05, 0) is 23.3 Å². The average molecular weight is 327 g/mol. The minimum absolute atomic E-state index is 0.0917. The van der Waals surface area contributed by atoms with Gasteiger partial charge in [-0.25, -0.2) is 0 Å². The molecule has 0 atom stereocenters. The summed E-state index contributed by atoms with van der Waals surface area (Å²) in [6, 6.07) is 25.7. The molecule has 1 N–H and O–H groups in total. The fourth-order valence-corrected chi connectivity index (χ4v) is 3.19. The summed E-state index contributed by atoms with van der Waals surface area (Å²) in [5.74, 6) is 0.632. The van der Waals surface area contributed by atoms with Crippen molar-refractivity contribution in [2.24, 2.45) is 0 Å². The topological polar surface area (TPSA) is 38.3 Å². The van der Waals surface area contributed by atoms with Crippen LogP contribution in [0.5, 0.6) is 5.75 Å². The number of methoxy groups -OCH3 is 1. The Bertz CT molecular complexity index is 918. The van der Waals surface area contributed by atoms with E-state index in [4.69, 9.17) is 4.74 Å². The lowest BCUT2D eigenvalue weighted by Gasteiger charge is -2.12. The van der Waals surface area contributed by atoms with Gasteiger partial charge in [-0.15, -0.1) is 0 Å². The maximum atomic E-state index is 12.8. The van der Waals surface area contributed by atoms with Crippen molar-refractivity contribution in [3.8, 4) is 5.75 Å². The normalized spacial score (nSPS) is 12.5. The van der Waals surface area contributed by atoms with Crippen LogP contribution in [0, 0.1) is 0 Å². The molecule has 0 spiro atoms. The van der Waals surface area contributed by atoms with Crippen LogP contribution in [0.2, 0.25) is 0 Å². The average Bonchev–Trinajstić information content (AvgIpc) is 2.99. The second-order valence-electron chi connectivity index (χ2n) is 5.85. The minimum Gasteiger partial charge on any atom is -0.497 e. The van der Waals surface area contributed by atoms with Crippen molar-refractivity contribution >= 4 is 22.7 Å². The molecule has 122 valence electrons. The number of carbonyl (C=O) groups is 1. The molecule has 4 rings (SSSR count). The number of fused-ring (bicyclic) bond motifs is 1. The first kappa shape index (κ1) is 15.2. The van der Waals surface area contributed by atoms with Crippen LogP contribution in [-0.4, -0.2) is 13.0 Å². The number of hydrogen-bond donors (Lipinski definition) is 1. The van der Waals surface area contributed by atoms with Crippen LogP contribution in [0.1, 0.15) is 16.7 Å². The molecule has 0 aliphatic carbocycles. The third-order valence-electron chi connectivity index (χ3n) is 4.35. The van der Waals surface area contributed by atoms with E-state index >= 15 is 0 Å². The Labute approximate surface area is 146 Å². The van der Waals surface area contributed by atoms with Gasteiger partial charge in [0.1, 0.15) is 5.75 Å². The number of hydrogen-bond acceptors (Lipinski definition) is 2. The van der Waals surface area contributed by atoms with Crippen molar-refractivity contribution in [1.29, 1.82) is 0 Å². The Hall–Kier alpha value is -3.33. The van der Waals surface area contributed by atoms with Crippen LogP contribution >= 0.6 is 0 Å². The zero-order valence-electron chi connectivity index (χ0n) is 13.8. The number of benzene rings is 3. The van der Waals surface area contributed by atoms with Gasteiger partial charge in [0.05, 0.1) is 18.4 Å². The van der Waals surface area contributed by atoms with Crippen LogP contribution < -0.4 is 10.1 Å². The molecule has 3 aromatic carbocycles. The SMILES string of the molecule is COc1ccc2c(c1)NC(=O)C2=C(c1ccccc1)c1ccccc1. The largest absolute Gasteiger partial charge is 0.497 e. The highest BCUT2D eigenvalue weighted by Crippen LogP contribution is 2.41. The number of rotatable bonds is 3. The number of anilines is 1.